The van der Waals surface area contributed by atoms with Crippen molar-refractivity contribution in [1.82, 2.24) is 0 Å². The minimum absolute atomic E-state index is 0.0268. The van der Waals surface area contributed by atoms with Gasteiger partial charge in [-0.3, -0.25) is 0 Å². The van der Waals surface area contributed by atoms with Crippen molar-refractivity contribution in [3.63, 3.8) is 0 Å². The fraction of sp³-hybridized carbons (Fsp3) is 0.154. The number of nitrogens with zero attached hydrogens (tertiary/aromatic N) is 1. The summed E-state index contributed by atoms with van der Waals surface area (Å²) in [5.74, 6) is 1.33. The van der Waals surface area contributed by atoms with E-state index in [4.69, 9.17) is 8.83 Å². The zero-order chi connectivity index (χ0) is 12.2. The van der Waals surface area contributed by atoms with E-state index in [9.17, 15) is 10.4 Å². The molecule has 0 atom stereocenters. The van der Waals surface area contributed by atoms with Gasteiger partial charge in [-0.2, -0.15) is 5.26 Å². The minimum Gasteiger partial charge on any atom is -0.504 e. The fourth-order valence-electron chi connectivity index (χ4n) is 2.11. The quantitative estimate of drug-likeness (QED) is 0.639. The number of fused-ring (bicyclic) bond motifs is 2. The van der Waals surface area contributed by atoms with Crippen LogP contribution in [0.15, 0.2) is 21.0 Å². The summed E-state index contributed by atoms with van der Waals surface area (Å²) < 4.78 is 10.9. The van der Waals surface area contributed by atoms with Crippen LogP contribution in [-0.4, -0.2) is 5.11 Å². The highest BCUT2D eigenvalue weighted by atomic mass is 16.4. The molecule has 0 aliphatic carbocycles. The van der Waals surface area contributed by atoms with Crippen LogP contribution in [0.25, 0.3) is 21.9 Å². The van der Waals surface area contributed by atoms with Crippen LogP contribution < -0.4 is 0 Å². The second kappa shape index (κ2) is 3.05. The molecule has 0 fully saturated rings. The van der Waals surface area contributed by atoms with Gasteiger partial charge in [0.1, 0.15) is 23.2 Å². The standard InChI is InChI=1S/C13H9NO3/c1-6-3-8-10(5-14)12-9(4-7(2)16-12)11(15)13(8)17-6/h3-4,15H,1-2H3. The van der Waals surface area contributed by atoms with Crippen LogP contribution in [0.2, 0.25) is 0 Å². The number of aromatic hydroxyl groups is 1. The molecule has 4 nitrogen and oxygen atoms in total. The van der Waals surface area contributed by atoms with E-state index >= 15 is 0 Å². The molecule has 0 saturated carbocycles. The van der Waals surface area contributed by atoms with Crippen molar-refractivity contribution in [3.8, 4) is 11.8 Å². The maximum Gasteiger partial charge on any atom is 0.178 e. The first-order chi connectivity index (χ1) is 8.11. The molecule has 0 unspecified atom stereocenters. The van der Waals surface area contributed by atoms with Crippen molar-refractivity contribution in [1.29, 1.82) is 5.26 Å². The van der Waals surface area contributed by atoms with Gasteiger partial charge in [-0.1, -0.05) is 0 Å². The molecule has 2 heterocycles. The number of aryl methyl sites for hydroxylation is 2. The average molecular weight is 227 g/mol. The lowest BCUT2D eigenvalue weighted by Gasteiger charge is -1.98. The summed E-state index contributed by atoms with van der Waals surface area (Å²) in [6.45, 7) is 3.54. The predicted molar refractivity (Wildman–Crippen MR) is 61.8 cm³/mol. The molecule has 0 radical (unpaired) electrons. The molecule has 84 valence electrons. The van der Waals surface area contributed by atoms with Gasteiger partial charge in [-0.05, 0) is 26.0 Å². The van der Waals surface area contributed by atoms with Crippen LogP contribution in [0.1, 0.15) is 17.1 Å². The first-order valence-electron chi connectivity index (χ1n) is 5.17. The molecule has 0 aliphatic rings. The van der Waals surface area contributed by atoms with Gasteiger partial charge in [0.25, 0.3) is 0 Å². The lowest BCUT2D eigenvalue weighted by atomic mass is 10.1. The minimum atomic E-state index is 0.0268. The Labute approximate surface area is 96.7 Å². The normalized spacial score (nSPS) is 11.1. The largest absolute Gasteiger partial charge is 0.504 e. The zero-order valence-corrected chi connectivity index (χ0v) is 9.37. The van der Waals surface area contributed by atoms with E-state index in [0.717, 1.165) is 0 Å². The van der Waals surface area contributed by atoms with Crippen molar-refractivity contribution >= 4 is 21.9 Å². The van der Waals surface area contributed by atoms with Crippen molar-refractivity contribution in [2.45, 2.75) is 13.8 Å². The monoisotopic (exact) mass is 227 g/mol. The van der Waals surface area contributed by atoms with Crippen LogP contribution in [0.5, 0.6) is 5.75 Å². The Bertz CT molecular complexity index is 729. The molecule has 2 aromatic heterocycles. The second-order valence-electron chi connectivity index (χ2n) is 4.04. The third-order valence-electron chi connectivity index (χ3n) is 2.79. The molecule has 0 spiro atoms. The topological polar surface area (TPSA) is 70.3 Å². The summed E-state index contributed by atoms with van der Waals surface area (Å²) in [6, 6.07) is 5.53. The average Bonchev–Trinajstić information content (AvgIpc) is 2.83. The van der Waals surface area contributed by atoms with Crippen molar-refractivity contribution in [2.75, 3.05) is 0 Å². The highest BCUT2D eigenvalue weighted by Crippen LogP contribution is 2.40. The third kappa shape index (κ3) is 1.16. The Balaban J connectivity index is 2.67. The molecule has 4 heteroatoms. The van der Waals surface area contributed by atoms with E-state index in [0.29, 0.717) is 39.0 Å². The summed E-state index contributed by atoms with van der Waals surface area (Å²) >= 11 is 0. The molecule has 1 aromatic carbocycles. The molecular weight excluding hydrogens is 218 g/mol. The molecule has 0 bridgehead atoms. The SMILES string of the molecule is Cc1cc2c(C#N)c3oc(C)cc3c(O)c2o1. The molecule has 0 amide bonds. The highest BCUT2D eigenvalue weighted by molar-refractivity contribution is 6.06. The number of phenols is 1. The fourth-order valence-corrected chi connectivity index (χ4v) is 2.11. The van der Waals surface area contributed by atoms with E-state index in [2.05, 4.69) is 6.07 Å². The van der Waals surface area contributed by atoms with Gasteiger partial charge >= 0.3 is 0 Å². The molecule has 3 aromatic rings. The van der Waals surface area contributed by atoms with Gasteiger partial charge in [-0.25, -0.2) is 0 Å². The lowest BCUT2D eigenvalue weighted by molar-refractivity contribution is 0.466. The molecular formula is C13H9NO3. The number of rotatable bonds is 0. The lowest BCUT2D eigenvalue weighted by Crippen LogP contribution is -1.79. The number of phenolic OH excluding ortho intramolecular Hbond substituents is 1. The summed E-state index contributed by atoms with van der Waals surface area (Å²) in [7, 11) is 0. The third-order valence-corrected chi connectivity index (χ3v) is 2.79. The molecule has 0 saturated heterocycles. The van der Waals surface area contributed by atoms with Crippen LogP contribution in [0, 0.1) is 25.2 Å². The summed E-state index contributed by atoms with van der Waals surface area (Å²) in [5, 5.41) is 20.4. The van der Waals surface area contributed by atoms with E-state index < -0.39 is 0 Å². The summed E-state index contributed by atoms with van der Waals surface area (Å²) in [4.78, 5) is 0. The van der Waals surface area contributed by atoms with Crippen LogP contribution in [-0.2, 0) is 0 Å². The van der Waals surface area contributed by atoms with Crippen molar-refractivity contribution < 1.29 is 13.9 Å². The first kappa shape index (κ1) is 9.79. The molecule has 1 N–H and O–H groups in total. The first-order valence-corrected chi connectivity index (χ1v) is 5.17. The van der Waals surface area contributed by atoms with Gasteiger partial charge in [0.2, 0.25) is 0 Å². The van der Waals surface area contributed by atoms with E-state index in [1.54, 1.807) is 26.0 Å². The maximum absolute atomic E-state index is 10.1. The predicted octanol–water partition coefficient (Wildman–Crippen LogP) is 3.37. The van der Waals surface area contributed by atoms with Crippen molar-refractivity contribution in [3.05, 3.63) is 29.2 Å². The second-order valence-corrected chi connectivity index (χ2v) is 4.04. The maximum atomic E-state index is 10.1. The number of benzene rings is 1. The number of nitriles is 1. The van der Waals surface area contributed by atoms with Gasteiger partial charge in [0.05, 0.1) is 5.39 Å². The Morgan fingerprint density at radius 1 is 1.06 bits per heavy atom. The van der Waals surface area contributed by atoms with Gasteiger partial charge in [0.15, 0.2) is 16.9 Å². The van der Waals surface area contributed by atoms with Crippen molar-refractivity contribution in [2.24, 2.45) is 0 Å². The number of hydrogen-bond acceptors (Lipinski definition) is 4. The Kier molecular flexibility index (Phi) is 1.75. The van der Waals surface area contributed by atoms with E-state index in [1.807, 2.05) is 0 Å². The Hall–Kier alpha value is -2.41. The highest BCUT2D eigenvalue weighted by Gasteiger charge is 2.19. The summed E-state index contributed by atoms with van der Waals surface area (Å²) in [6.07, 6.45) is 0. The van der Waals surface area contributed by atoms with Gasteiger partial charge in [-0.15, -0.1) is 0 Å². The van der Waals surface area contributed by atoms with Crippen LogP contribution >= 0.6 is 0 Å². The number of furan rings is 2. The number of hydrogen-bond donors (Lipinski definition) is 1. The van der Waals surface area contributed by atoms with E-state index in [1.165, 1.54) is 0 Å². The van der Waals surface area contributed by atoms with E-state index in [-0.39, 0.29) is 5.75 Å². The van der Waals surface area contributed by atoms with Gasteiger partial charge < -0.3 is 13.9 Å². The molecule has 0 aliphatic heterocycles. The van der Waals surface area contributed by atoms with Crippen LogP contribution in [0.4, 0.5) is 0 Å². The van der Waals surface area contributed by atoms with Crippen LogP contribution in [0.3, 0.4) is 0 Å². The smallest absolute Gasteiger partial charge is 0.178 e. The molecule has 17 heavy (non-hydrogen) atoms. The Morgan fingerprint density at radius 2 is 1.65 bits per heavy atom. The summed E-state index contributed by atoms with van der Waals surface area (Å²) in [5.41, 5.74) is 1.15. The molecule has 3 rings (SSSR count). The Morgan fingerprint density at radius 3 is 2.29 bits per heavy atom. The van der Waals surface area contributed by atoms with Gasteiger partial charge in [0, 0.05) is 5.39 Å². The zero-order valence-electron chi connectivity index (χ0n) is 9.37.